The predicted octanol–water partition coefficient (Wildman–Crippen LogP) is 0.923. The fourth-order valence-corrected chi connectivity index (χ4v) is 2.59. The van der Waals surface area contributed by atoms with Gasteiger partial charge in [0.25, 0.3) is 0 Å². The molecule has 0 radical (unpaired) electrons. The summed E-state index contributed by atoms with van der Waals surface area (Å²) >= 11 is 0. The SMILES string of the molecule is Cn1ccc(CNC(=O)C2CNCc3ccccc32)n1. The van der Waals surface area contributed by atoms with E-state index in [1.165, 1.54) is 5.56 Å². The number of fused-ring (bicyclic) bond motifs is 1. The maximum absolute atomic E-state index is 12.4. The standard InChI is InChI=1S/C15H18N4O/c1-19-7-6-12(18-19)9-17-15(20)14-10-16-8-11-4-2-3-5-13(11)14/h2-7,14,16H,8-10H2,1H3,(H,17,20). The van der Waals surface area contributed by atoms with Gasteiger partial charge in [-0.3, -0.25) is 9.48 Å². The maximum atomic E-state index is 12.4. The molecule has 5 nitrogen and oxygen atoms in total. The number of aryl methyl sites for hydroxylation is 1. The Labute approximate surface area is 118 Å². The number of carbonyl (C=O) groups is 1. The molecule has 2 N–H and O–H groups in total. The smallest absolute Gasteiger partial charge is 0.229 e. The summed E-state index contributed by atoms with van der Waals surface area (Å²) in [6.07, 6.45) is 1.87. The zero-order chi connectivity index (χ0) is 13.9. The fourth-order valence-electron chi connectivity index (χ4n) is 2.59. The molecule has 1 atom stereocenters. The number of hydrogen-bond acceptors (Lipinski definition) is 3. The quantitative estimate of drug-likeness (QED) is 0.872. The molecular formula is C15H18N4O. The molecule has 5 heteroatoms. The third-order valence-electron chi connectivity index (χ3n) is 3.62. The van der Waals surface area contributed by atoms with Gasteiger partial charge in [-0.05, 0) is 17.2 Å². The normalized spacial score (nSPS) is 17.6. The lowest BCUT2D eigenvalue weighted by molar-refractivity contribution is -0.122. The first-order valence-corrected chi connectivity index (χ1v) is 6.79. The molecule has 0 saturated carbocycles. The van der Waals surface area contributed by atoms with Crippen molar-refractivity contribution in [1.29, 1.82) is 0 Å². The van der Waals surface area contributed by atoms with Crippen LogP contribution in [0.3, 0.4) is 0 Å². The van der Waals surface area contributed by atoms with Crippen molar-refractivity contribution in [2.75, 3.05) is 6.54 Å². The zero-order valence-electron chi connectivity index (χ0n) is 11.5. The van der Waals surface area contributed by atoms with E-state index in [4.69, 9.17) is 0 Å². The minimum absolute atomic E-state index is 0.0512. The van der Waals surface area contributed by atoms with Crippen molar-refractivity contribution in [3.63, 3.8) is 0 Å². The highest BCUT2D eigenvalue weighted by Gasteiger charge is 2.25. The van der Waals surface area contributed by atoms with Gasteiger partial charge >= 0.3 is 0 Å². The molecule has 1 unspecified atom stereocenters. The second-order valence-electron chi connectivity index (χ2n) is 5.08. The van der Waals surface area contributed by atoms with Crippen LogP contribution < -0.4 is 10.6 Å². The molecule has 0 aliphatic carbocycles. The molecule has 0 saturated heterocycles. The van der Waals surface area contributed by atoms with E-state index in [1.807, 2.05) is 37.5 Å². The summed E-state index contributed by atoms with van der Waals surface area (Å²) < 4.78 is 1.74. The molecular weight excluding hydrogens is 252 g/mol. The van der Waals surface area contributed by atoms with Crippen LogP contribution in [0.2, 0.25) is 0 Å². The number of hydrogen-bond donors (Lipinski definition) is 2. The summed E-state index contributed by atoms with van der Waals surface area (Å²) in [4.78, 5) is 12.4. The van der Waals surface area contributed by atoms with Crippen LogP contribution >= 0.6 is 0 Å². The summed E-state index contributed by atoms with van der Waals surface area (Å²) in [5.74, 6) is -0.0704. The lowest BCUT2D eigenvalue weighted by atomic mass is 9.90. The molecule has 2 aromatic rings. The molecule has 1 amide bonds. The molecule has 3 rings (SSSR count). The number of nitrogens with one attached hydrogen (secondary N) is 2. The Bertz CT molecular complexity index is 620. The highest BCUT2D eigenvalue weighted by molar-refractivity contribution is 5.84. The summed E-state index contributed by atoms with van der Waals surface area (Å²) in [6.45, 7) is 1.99. The molecule has 0 spiro atoms. The van der Waals surface area contributed by atoms with Crippen molar-refractivity contribution >= 4 is 5.91 Å². The maximum Gasteiger partial charge on any atom is 0.229 e. The third kappa shape index (κ3) is 2.58. The lowest BCUT2D eigenvalue weighted by Gasteiger charge is -2.25. The van der Waals surface area contributed by atoms with Crippen molar-refractivity contribution in [1.82, 2.24) is 20.4 Å². The topological polar surface area (TPSA) is 59.0 Å². The van der Waals surface area contributed by atoms with Gasteiger partial charge in [0.15, 0.2) is 0 Å². The number of nitrogens with zero attached hydrogens (tertiary/aromatic N) is 2. The molecule has 0 bridgehead atoms. The Morgan fingerprint density at radius 3 is 3.10 bits per heavy atom. The van der Waals surface area contributed by atoms with Gasteiger partial charge in [0, 0.05) is 26.3 Å². The van der Waals surface area contributed by atoms with E-state index < -0.39 is 0 Å². The van der Waals surface area contributed by atoms with Crippen LogP contribution in [0, 0.1) is 0 Å². The van der Waals surface area contributed by atoms with Gasteiger partial charge in [-0.25, -0.2) is 0 Å². The van der Waals surface area contributed by atoms with E-state index in [0.29, 0.717) is 13.1 Å². The van der Waals surface area contributed by atoms with Crippen LogP contribution in [0.25, 0.3) is 0 Å². The molecule has 104 valence electrons. The number of amides is 1. The first-order valence-electron chi connectivity index (χ1n) is 6.79. The molecule has 2 heterocycles. The minimum atomic E-state index is -0.122. The summed E-state index contributed by atoms with van der Waals surface area (Å²) in [6, 6.07) is 10.0. The lowest BCUT2D eigenvalue weighted by Crippen LogP contribution is -2.38. The van der Waals surface area contributed by atoms with E-state index in [0.717, 1.165) is 17.8 Å². The molecule has 20 heavy (non-hydrogen) atoms. The average Bonchev–Trinajstić information content (AvgIpc) is 2.90. The summed E-state index contributed by atoms with van der Waals surface area (Å²) in [5, 5.41) is 10.5. The highest BCUT2D eigenvalue weighted by atomic mass is 16.1. The molecule has 1 aliphatic heterocycles. The number of carbonyl (C=O) groups excluding carboxylic acids is 1. The van der Waals surface area contributed by atoms with Crippen LogP contribution in [-0.2, 0) is 24.9 Å². The summed E-state index contributed by atoms with van der Waals surface area (Å²) in [7, 11) is 1.87. The van der Waals surface area contributed by atoms with E-state index in [1.54, 1.807) is 4.68 Å². The van der Waals surface area contributed by atoms with Crippen LogP contribution in [0.15, 0.2) is 36.5 Å². The van der Waals surface area contributed by atoms with E-state index in [2.05, 4.69) is 21.8 Å². The van der Waals surface area contributed by atoms with Gasteiger partial charge in [-0.1, -0.05) is 24.3 Å². The Morgan fingerprint density at radius 2 is 2.30 bits per heavy atom. The van der Waals surface area contributed by atoms with Gasteiger partial charge < -0.3 is 10.6 Å². The van der Waals surface area contributed by atoms with E-state index in [9.17, 15) is 4.79 Å². The molecule has 1 aliphatic rings. The molecule has 1 aromatic carbocycles. The highest BCUT2D eigenvalue weighted by Crippen LogP contribution is 2.23. The Balaban J connectivity index is 1.69. The van der Waals surface area contributed by atoms with Crippen molar-refractivity contribution < 1.29 is 4.79 Å². The first-order chi connectivity index (χ1) is 9.74. The second-order valence-corrected chi connectivity index (χ2v) is 5.08. The van der Waals surface area contributed by atoms with Crippen molar-refractivity contribution in [2.24, 2.45) is 7.05 Å². The van der Waals surface area contributed by atoms with E-state index in [-0.39, 0.29) is 11.8 Å². The van der Waals surface area contributed by atoms with Gasteiger partial charge in [-0.2, -0.15) is 5.10 Å². The number of benzene rings is 1. The van der Waals surface area contributed by atoms with Crippen LogP contribution in [0.5, 0.6) is 0 Å². The van der Waals surface area contributed by atoms with Crippen LogP contribution in [0.1, 0.15) is 22.7 Å². The minimum Gasteiger partial charge on any atom is -0.350 e. The summed E-state index contributed by atoms with van der Waals surface area (Å²) in [5.41, 5.74) is 3.21. The fraction of sp³-hybridized carbons (Fsp3) is 0.333. The van der Waals surface area contributed by atoms with Crippen molar-refractivity contribution in [2.45, 2.75) is 19.0 Å². The number of aromatic nitrogens is 2. The number of rotatable bonds is 3. The monoisotopic (exact) mass is 270 g/mol. The zero-order valence-corrected chi connectivity index (χ0v) is 11.5. The largest absolute Gasteiger partial charge is 0.350 e. The Kier molecular flexibility index (Phi) is 3.52. The van der Waals surface area contributed by atoms with Gasteiger partial charge in [0.05, 0.1) is 18.2 Å². The third-order valence-corrected chi connectivity index (χ3v) is 3.62. The molecule has 0 fully saturated rings. The Hall–Kier alpha value is -2.14. The molecule has 1 aromatic heterocycles. The van der Waals surface area contributed by atoms with Crippen LogP contribution in [0.4, 0.5) is 0 Å². The van der Waals surface area contributed by atoms with Crippen molar-refractivity contribution in [3.8, 4) is 0 Å². The average molecular weight is 270 g/mol. The van der Waals surface area contributed by atoms with Crippen LogP contribution in [-0.4, -0.2) is 22.2 Å². The predicted molar refractivity (Wildman–Crippen MR) is 75.9 cm³/mol. The van der Waals surface area contributed by atoms with Gasteiger partial charge in [-0.15, -0.1) is 0 Å². The second kappa shape index (κ2) is 5.46. The van der Waals surface area contributed by atoms with E-state index >= 15 is 0 Å². The van der Waals surface area contributed by atoms with Gasteiger partial charge in [0.2, 0.25) is 5.91 Å². The first kappa shape index (κ1) is 12.9. The van der Waals surface area contributed by atoms with Crippen molar-refractivity contribution in [3.05, 3.63) is 53.3 Å². The Morgan fingerprint density at radius 1 is 1.45 bits per heavy atom. The van der Waals surface area contributed by atoms with Gasteiger partial charge in [0.1, 0.15) is 0 Å².